The number of hydrogen-bond donors (Lipinski definition) is 1. The van der Waals surface area contributed by atoms with Crippen molar-refractivity contribution in [3.63, 3.8) is 0 Å². The molecule has 1 aromatic rings. The van der Waals surface area contributed by atoms with Crippen LogP contribution < -0.4 is 5.32 Å². The van der Waals surface area contributed by atoms with Gasteiger partial charge in [-0.3, -0.25) is 9.59 Å². The van der Waals surface area contributed by atoms with Crippen molar-refractivity contribution in [2.24, 2.45) is 0 Å². The summed E-state index contributed by atoms with van der Waals surface area (Å²) in [5, 5.41) is 2.98. The molecular weight excluding hydrogens is 346 g/mol. The standard InChI is InChI=1S/C17H22ClN3O4/c1-4-25-17(24)21-7-5-20(6-8-21)16(23)15(22)19-14-12(3)9-11(2)10-13(14)18/h9-10H,4-8H2,1-3H3,(H,19,22). The number of carbonyl (C=O) groups is 3. The molecule has 25 heavy (non-hydrogen) atoms. The van der Waals surface area contributed by atoms with Gasteiger partial charge in [0.1, 0.15) is 0 Å². The number of amides is 3. The van der Waals surface area contributed by atoms with Crippen molar-refractivity contribution in [3.8, 4) is 0 Å². The van der Waals surface area contributed by atoms with E-state index in [9.17, 15) is 14.4 Å². The molecule has 0 spiro atoms. The lowest BCUT2D eigenvalue weighted by molar-refractivity contribution is -0.144. The highest BCUT2D eigenvalue weighted by Crippen LogP contribution is 2.27. The maximum Gasteiger partial charge on any atom is 0.409 e. The SMILES string of the molecule is CCOC(=O)N1CCN(C(=O)C(=O)Nc2c(C)cc(C)cc2Cl)CC1. The second kappa shape index (κ2) is 8.20. The van der Waals surface area contributed by atoms with Crippen molar-refractivity contribution in [1.29, 1.82) is 0 Å². The average molecular weight is 368 g/mol. The van der Waals surface area contributed by atoms with E-state index < -0.39 is 17.9 Å². The minimum absolute atomic E-state index is 0.283. The van der Waals surface area contributed by atoms with Gasteiger partial charge in [-0.25, -0.2) is 4.79 Å². The molecule has 1 aromatic carbocycles. The molecular formula is C17H22ClN3O4. The molecule has 0 aromatic heterocycles. The minimum atomic E-state index is -0.738. The highest BCUT2D eigenvalue weighted by atomic mass is 35.5. The zero-order valence-electron chi connectivity index (χ0n) is 14.6. The van der Waals surface area contributed by atoms with Gasteiger partial charge in [-0.15, -0.1) is 0 Å². The van der Waals surface area contributed by atoms with Crippen LogP contribution in [-0.2, 0) is 14.3 Å². The van der Waals surface area contributed by atoms with E-state index >= 15 is 0 Å². The van der Waals surface area contributed by atoms with Crippen molar-refractivity contribution in [2.75, 3.05) is 38.1 Å². The summed E-state index contributed by atoms with van der Waals surface area (Å²) >= 11 is 6.16. The first-order valence-corrected chi connectivity index (χ1v) is 8.50. The Morgan fingerprint density at radius 1 is 1.12 bits per heavy atom. The van der Waals surface area contributed by atoms with Gasteiger partial charge >= 0.3 is 17.9 Å². The molecule has 0 atom stereocenters. The highest BCUT2D eigenvalue weighted by molar-refractivity contribution is 6.41. The molecule has 1 aliphatic rings. The molecule has 1 aliphatic heterocycles. The molecule has 0 radical (unpaired) electrons. The third kappa shape index (κ3) is 4.63. The fourth-order valence-electron chi connectivity index (χ4n) is 2.69. The summed E-state index contributed by atoms with van der Waals surface area (Å²) in [7, 11) is 0. The fourth-order valence-corrected chi connectivity index (χ4v) is 3.06. The third-order valence-electron chi connectivity index (χ3n) is 3.96. The quantitative estimate of drug-likeness (QED) is 0.813. The number of ether oxygens (including phenoxy) is 1. The number of anilines is 1. The first-order chi connectivity index (χ1) is 11.8. The van der Waals surface area contributed by atoms with Gasteiger partial charge in [0, 0.05) is 26.2 Å². The number of carbonyl (C=O) groups excluding carboxylic acids is 3. The topological polar surface area (TPSA) is 79.0 Å². The molecule has 8 heteroatoms. The van der Waals surface area contributed by atoms with E-state index in [-0.39, 0.29) is 13.1 Å². The second-order valence-electron chi connectivity index (χ2n) is 5.87. The molecule has 0 saturated carbocycles. The van der Waals surface area contributed by atoms with Crippen molar-refractivity contribution < 1.29 is 19.1 Å². The van der Waals surface area contributed by atoms with E-state index in [1.807, 2.05) is 19.9 Å². The van der Waals surface area contributed by atoms with Gasteiger partial charge in [-0.2, -0.15) is 0 Å². The van der Waals surface area contributed by atoms with Gasteiger partial charge in [0.2, 0.25) is 0 Å². The zero-order valence-corrected chi connectivity index (χ0v) is 15.4. The Bertz CT molecular complexity index is 661. The first-order valence-electron chi connectivity index (χ1n) is 8.12. The van der Waals surface area contributed by atoms with E-state index in [1.54, 1.807) is 13.0 Å². The predicted octanol–water partition coefficient (Wildman–Crippen LogP) is 2.20. The predicted molar refractivity (Wildman–Crippen MR) is 94.7 cm³/mol. The van der Waals surface area contributed by atoms with Crippen LogP contribution in [0.3, 0.4) is 0 Å². The number of benzene rings is 1. The van der Waals surface area contributed by atoms with E-state index in [4.69, 9.17) is 16.3 Å². The summed E-state index contributed by atoms with van der Waals surface area (Å²) in [5.74, 6) is -1.38. The lowest BCUT2D eigenvalue weighted by Crippen LogP contribution is -2.53. The van der Waals surface area contributed by atoms with Crippen LogP contribution in [0, 0.1) is 13.8 Å². The normalized spacial score (nSPS) is 14.2. The first kappa shape index (κ1) is 19.1. The van der Waals surface area contributed by atoms with Crippen LogP contribution in [0.5, 0.6) is 0 Å². The summed E-state index contributed by atoms with van der Waals surface area (Å²) < 4.78 is 4.93. The number of rotatable bonds is 2. The van der Waals surface area contributed by atoms with E-state index in [0.29, 0.717) is 30.4 Å². The molecule has 1 N–H and O–H groups in total. The van der Waals surface area contributed by atoms with Gasteiger partial charge in [-0.05, 0) is 38.0 Å². The number of nitrogens with zero attached hydrogens (tertiary/aromatic N) is 2. The van der Waals surface area contributed by atoms with E-state index in [0.717, 1.165) is 11.1 Å². The van der Waals surface area contributed by atoms with Gasteiger partial charge in [-0.1, -0.05) is 17.7 Å². The number of piperazine rings is 1. The Balaban J connectivity index is 1.96. The summed E-state index contributed by atoms with van der Waals surface area (Å²) in [6.07, 6.45) is -0.402. The number of halogens is 1. The molecule has 2 rings (SSSR count). The van der Waals surface area contributed by atoms with E-state index in [2.05, 4.69) is 5.32 Å². The number of hydrogen-bond acceptors (Lipinski definition) is 4. The number of nitrogens with one attached hydrogen (secondary N) is 1. The van der Waals surface area contributed by atoms with Crippen LogP contribution in [0.4, 0.5) is 10.5 Å². The van der Waals surface area contributed by atoms with Crippen molar-refractivity contribution in [2.45, 2.75) is 20.8 Å². The minimum Gasteiger partial charge on any atom is -0.450 e. The molecule has 3 amide bonds. The molecule has 1 saturated heterocycles. The van der Waals surface area contributed by atoms with Crippen LogP contribution in [0.2, 0.25) is 5.02 Å². The number of aryl methyl sites for hydroxylation is 2. The summed E-state index contributed by atoms with van der Waals surface area (Å²) in [5.41, 5.74) is 2.20. The summed E-state index contributed by atoms with van der Waals surface area (Å²) in [4.78, 5) is 39.2. The monoisotopic (exact) mass is 367 g/mol. The average Bonchev–Trinajstić information content (AvgIpc) is 2.57. The highest BCUT2D eigenvalue weighted by Gasteiger charge is 2.28. The second-order valence-corrected chi connectivity index (χ2v) is 6.28. The largest absolute Gasteiger partial charge is 0.450 e. The zero-order chi connectivity index (χ0) is 18.6. The summed E-state index contributed by atoms with van der Waals surface area (Å²) in [6, 6.07) is 3.61. The Labute approximate surface area is 151 Å². The summed E-state index contributed by atoms with van der Waals surface area (Å²) in [6.45, 7) is 6.99. The maximum absolute atomic E-state index is 12.3. The van der Waals surface area contributed by atoms with Crippen LogP contribution in [0.1, 0.15) is 18.1 Å². The lowest BCUT2D eigenvalue weighted by atomic mass is 10.1. The molecule has 0 unspecified atom stereocenters. The molecule has 0 aliphatic carbocycles. The molecule has 1 fully saturated rings. The Morgan fingerprint density at radius 2 is 1.72 bits per heavy atom. The van der Waals surface area contributed by atoms with Gasteiger partial charge in [0.05, 0.1) is 17.3 Å². The van der Waals surface area contributed by atoms with Crippen LogP contribution in [0.25, 0.3) is 0 Å². The van der Waals surface area contributed by atoms with Crippen molar-refractivity contribution in [1.82, 2.24) is 9.80 Å². The van der Waals surface area contributed by atoms with Crippen LogP contribution in [-0.4, -0.2) is 60.5 Å². The Morgan fingerprint density at radius 3 is 2.28 bits per heavy atom. The van der Waals surface area contributed by atoms with Crippen molar-refractivity contribution in [3.05, 3.63) is 28.3 Å². The smallest absolute Gasteiger partial charge is 0.409 e. The van der Waals surface area contributed by atoms with Crippen LogP contribution >= 0.6 is 11.6 Å². The third-order valence-corrected chi connectivity index (χ3v) is 4.26. The fraction of sp³-hybridized carbons (Fsp3) is 0.471. The Kier molecular flexibility index (Phi) is 6.25. The van der Waals surface area contributed by atoms with Crippen molar-refractivity contribution >= 4 is 35.2 Å². The van der Waals surface area contributed by atoms with Gasteiger partial charge < -0.3 is 19.9 Å². The molecule has 136 valence electrons. The lowest BCUT2D eigenvalue weighted by Gasteiger charge is -2.33. The van der Waals surface area contributed by atoms with E-state index in [1.165, 1.54) is 9.80 Å². The Hall–Kier alpha value is -2.28. The van der Waals surface area contributed by atoms with Gasteiger partial charge in [0.15, 0.2) is 0 Å². The molecule has 7 nitrogen and oxygen atoms in total. The van der Waals surface area contributed by atoms with Gasteiger partial charge in [0.25, 0.3) is 0 Å². The molecule has 0 bridgehead atoms. The van der Waals surface area contributed by atoms with Crippen LogP contribution in [0.15, 0.2) is 12.1 Å². The maximum atomic E-state index is 12.3. The molecule has 1 heterocycles.